The molecule has 1 N–H and O–H groups in total. The average molecular weight is 349 g/mol. The summed E-state index contributed by atoms with van der Waals surface area (Å²) in [5.74, 6) is -0.806. The number of benzene rings is 1. The maximum atomic E-state index is 13.6. The van der Waals surface area contributed by atoms with Gasteiger partial charge in [-0.3, -0.25) is 9.78 Å². The van der Waals surface area contributed by atoms with Gasteiger partial charge in [0, 0.05) is 30.9 Å². The summed E-state index contributed by atoms with van der Waals surface area (Å²) in [7, 11) is 0. The number of hydrogen-bond donors (Lipinski definition) is 1. The van der Waals surface area contributed by atoms with Crippen molar-refractivity contribution in [2.75, 3.05) is 26.2 Å². The van der Waals surface area contributed by atoms with E-state index in [1.807, 2.05) is 0 Å². The minimum absolute atomic E-state index is 0.101. The van der Waals surface area contributed by atoms with Crippen molar-refractivity contribution < 1.29 is 13.5 Å². The molecule has 0 radical (unpaired) electrons. The number of aromatic amines is 1. The summed E-state index contributed by atoms with van der Waals surface area (Å²) in [4.78, 5) is 20.2. The molecule has 0 bridgehead atoms. The maximum absolute atomic E-state index is 13.6. The lowest BCUT2D eigenvalue weighted by Crippen LogP contribution is -2.37. The molecule has 2 aromatic rings. The molecule has 0 saturated carbocycles. The summed E-state index contributed by atoms with van der Waals surface area (Å²) in [5.41, 5.74) is 0.658. The molecule has 134 valence electrons. The van der Waals surface area contributed by atoms with Crippen LogP contribution in [0.15, 0.2) is 35.4 Å². The molecule has 3 rings (SSSR count). The van der Waals surface area contributed by atoms with Crippen LogP contribution in [0.4, 0.5) is 8.78 Å². The van der Waals surface area contributed by atoms with Gasteiger partial charge in [-0.05, 0) is 44.0 Å². The zero-order valence-corrected chi connectivity index (χ0v) is 13.9. The molecule has 25 heavy (non-hydrogen) atoms. The first-order valence-corrected chi connectivity index (χ1v) is 8.43. The summed E-state index contributed by atoms with van der Waals surface area (Å²) in [6, 6.07) is 3.36. The van der Waals surface area contributed by atoms with Crippen molar-refractivity contribution in [2.45, 2.75) is 19.3 Å². The van der Waals surface area contributed by atoms with Crippen LogP contribution in [-0.4, -0.2) is 41.1 Å². The lowest BCUT2D eigenvalue weighted by Gasteiger charge is -2.31. The van der Waals surface area contributed by atoms with E-state index in [-0.39, 0.29) is 11.3 Å². The monoisotopic (exact) mass is 349 g/mol. The Kier molecular flexibility index (Phi) is 5.75. The first-order valence-electron chi connectivity index (χ1n) is 8.43. The highest BCUT2D eigenvalue weighted by molar-refractivity contribution is 5.24. The van der Waals surface area contributed by atoms with Crippen molar-refractivity contribution in [2.24, 2.45) is 5.92 Å². The van der Waals surface area contributed by atoms with Crippen LogP contribution in [0.25, 0.3) is 0 Å². The molecule has 1 aliphatic rings. The second-order valence-electron chi connectivity index (χ2n) is 6.34. The van der Waals surface area contributed by atoms with Crippen molar-refractivity contribution in [1.82, 2.24) is 14.9 Å². The zero-order chi connectivity index (χ0) is 17.6. The lowest BCUT2D eigenvalue weighted by molar-refractivity contribution is 0.140. The van der Waals surface area contributed by atoms with Crippen LogP contribution in [-0.2, 0) is 6.42 Å². The van der Waals surface area contributed by atoms with E-state index in [4.69, 9.17) is 4.74 Å². The second-order valence-corrected chi connectivity index (χ2v) is 6.34. The molecule has 0 unspecified atom stereocenters. The highest BCUT2D eigenvalue weighted by atomic mass is 19.1. The van der Waals surface area contributed by atoms with Crippen LogP contribution in [0, 0.1) is 17.6 Å². The van der Waals surface area contributed by atoms with Crippen LogP contribution >= 0.6 is 0 Å². The van der Waals surface area contributed by atoms with Crippen molar-refractivity contribution in [3.8, 4) is 5.75 Å². The number of piperidine rings is 1. The zero-order valence-electron chi connectivity index (χ0n) is 13.9. The third kappa shape index (κ3) is 5.09. The number of halogens is 2. The number of ether oxygens (including phenoxy) is 1. The van der Waals surface area contributed by atoms with Crippen molar-refractivity contribution >= 4 is 0 Å². The molecule has 7 heteroatoms. The average Bonchev–Trinajstić information content (AvgIpc) is 2.60. The third-order valence-corrected chi connectivity index (χ3v) is 4.48. The van der Waals surface area contributed by atoms with E-state index in [1.165, 1.54) is 18.3 Å². The first-order chi connectivity index (χ1) is 12.1. The number of nitrogens with zero attached hydrogens (tertiary/aromatic N) is 2. The second kappa shape index (κ2) is 8.20. The van der Waals surface area contributed by atoms with Crippen molar-refractivity contribution in [1.29, 1.82) is 0 Å². The fraction of sp³-hybridized carbons (Fsp3) is 0.444. The van der Waals surface area contributed by atoms with Gasteiger partial charge in [0.2, 0.25) is 0 Å². The van der Waals surface area contributed by atoms with Gasteiger partial charge in [0.1, 0.15) is 5.82 Å². The first kappa shape index (κ1) is 17.5. The normalized spacial score (nSPS) is 16.1. The number of aromatic nitrogens is 2. The van der Waals surface area contributed by atoms with Gasteiger partial charge < -0.3 is 14.6 Å². The predicted octanol–water partition coefficient (Wildman–Crippen LogP) is 2.38. The van der Waals surface area contributed by atoms with E-state index in [0.717, 1.165) is 50.7 Å². The molecule has 1 aromatic heterocycles. The maximum Gasteiger partial charge on any atom is 0.266 e. The SMILES string of the molecule is O=c1cncc(CCN2CCC(COc3ccc(F)cc3F)CC2)[nH]1. The molecule has 1 fully saturated rings. The van der Waals surface area contributed by atoms with Crippen molar-refractivity contribution in [3.63, 3.8) is 0 Å². The number of hydrogen-bond acceptors (Lipinski definition) is 4. The largest absolute Gasteiger partial charge is 0.490 e. The van der Waals surface area contributed by atoms with Gasteiger partial charge >= 0.3 is 0 Å². The molecule has 1 aromatic carbocycles. The molecular weight excluding hydrogens is 328 g/mol. The van der Waals surface area contributed by atoms with Gasteiger partial charge in [-0.15, -0.1) is 0 Å². The van der Waals surface area contributed by atoms with Gasteiger partial charge in [0.25, 0.3) is 5.56 Å². The van der Waals surface area contributed by atoms with Gasteiger partial charge in [-0.25, -0.2) is 8.78 Å². The Labute approximate surface area is 144 Å². The number of H-pyrrole nitrogens is 1. The van der Waals surface area contributed by atoms with Gasteiger partial charge in [0.05, 0.1) is 12.8 Å². The summed E-state index contributed by atoms with van der Waals surface area (Å²) in [5, 5.41) is 0. The van der Waals surface area contributed by atoms with Crippen LogP contribution < -0.4 is 10.3 Å². The summed E-state index contributed by atoms with van der Waals surface area (Å²) in [6.45, 7) is 3.17. The van der Waals surface area contributed by atoms with Gasteiger partial charge in [0.15, 0.2) is 11.6 Å². The predicted molar refractivity (Wildman–Crippen MR) is 89.6 cm³/mol. The minimum Gasteiger partial charge on any atom is -0.490 e. The van der Waals surface area contributed by atoms with Crippen molar-refractivity contribution in [3.05, 3.63) is 58.3 Å². The Bertz CT molecular complexity index is 758. The molecule has 2 heterocycles. The Hall–Kier alpha value is -2.28. The van der Waals surface area contributed by atoms with Crippen LogP contribution in [0.5, 0.6) is 5.75 Å². The molecular formula is C18H21F2N3O2. The Balaban J connectivity index is 1.40. The topological polar surface area (TPSA) is 58.2 Å². The summed E-state index contributed by atoms with van der Waals surface area (Å²) in [6.07, 6.45) is 5.63. The third-order valence-electron chi connectivity index (χ3n) is 4.48. The van der Waals surface area contributed by atoms with E-state index in [2.05, 4.69) is 14.9 Å². The summed E-state index contributed by atoms with van der Waals surface area (Å²) >= 11 is 0. The van der Waals surface area contributed by atoms with E-state index in [0.29, 0.717) is 12.5 Å². The Morgan fingerprint density at radius 2 is 2.04 bits per heavy atom. The fourth-order valence-electron chi connectivity index (χ4n) is 3.00. The number of likely N-dealkylation sites (tertiary alicyclic amines) is 1. The quantitative estimate of drug-likeness (QED) is 0.870. The van der Waals surface area contributed by atoms with E-state index in [9.17, 15) is 13.6 Å². The van der Waals surface area contributed by atoms with Gasteiger partial charge in [-0.1, -0.05) is 0 Å². The molecule has 0 amide bonds. The molecule has 0 atom stereocenters. The lowest BCUT2D eigenvalue weighted by atomic mass is 9.97. The summed E-state index contributed by atoms with van der Waals surface area (Å²) < 4.78 is 31.9. The van der Waals surface area contributed by atoms with E-state index < -0.39 is 11.6 Å². The van der Waals surface area contributed by atoms with Crippen LogP contribution in [0.3, 0.4) is 0 Å². The molecule has 1 aliphatic heterocycles. The Morgan fingerprint density at radius 3 is 2.76 bits per heavy atom. The smallest absolute Gasteiger partial charge is 0.266 e. The van der Waals surface area contributed by atoms with E-state index in [1.54, 1.807) is 6.20 Å². The standard InChI is InChI=1S/C18H21F2N3O2/c19-14-1-2-17(16(20)9-14)25-12-13-3-6-23(7-4-13)8-5-15-10-21-11-18(24)22-15/h1-2,9-11,13H,3-8,12H2,(H,22,24). The van der Waals surface area contributed by atoms with E-state index >= 15 is 0 Å². The molecule has 5 nitrogen and oxygen atoms in total. The molecule has 0 spiro atoms. The molecule has 1 saturated heterocycles. The Morgan fingerprint density at radius 1 is 1.24 bits per heavy atom. The minimum atomic E-state index is -0.664. The van der Waals surface area contributed by atoms with Crippen LogP contribution in [0.2, 0.25) is 0 Å². The van der Waals surface area contributed by atoms with Gasteiger partial charge in [-0.2, -0.15) is 0 Å². The number of nitrogens with one attached hydrogen (secondary N) is 1. The highest BCUT2D eigenvalue weighted by Crippen LogP contribution is 2.22. The molecule has 0 aliphatic carbocycles. The highest BCUT2D eigenvalue weighted by Gasteiger charge is 2.20. The van der Waals surface area contributed by atoms with Crippen LogP contribution in [0.1, 0.15) is 18.5 Å². The number of rotatable bonds is 6. The fourth-order valence-corrected chi connectivity index (χ4v) is 3.00.